The molecule has 2 amide bonds. The number of rotatable bonds is 6. The second kappa shape index (κ2) is 8.05. The maximum atomic E-state index is 12.7. The van der Waals surface area contributed by atoms with Gasteiger partial charge in [-0.3, -0.25) is 19.3 Å². The molecule has 0 radical (unpaired) electrons. The zero-order valence-electron chi connectivity index (χ0n) is 14.4. The summed E-state index contributed by atoms with van der Waals surface area (Å²) in [5, 5.41) is 0. The van der Waals surface area contributed by atoms with Crippen LogP contribution in [0.4, 0.5) is 13.2 Å². The Balaban J connectivity index is 1.47. The third-order valence-electron chi connectivity index (χ3n) is 3.94. The lowest BCUT2D eigenvalue weighted by atomic mass is 10.1. The van der Waals surface area contributed by atoms with Crippen molar-refractivity contribution >= 4 is 29.5 Å². The lowest BCUT2D eigenvalue weighted by molar-refractivity contribution is -0.143. The van der Waals surface area contributed by atoms with Gasteiger partial charge in [0.05, 0.1) is 16.7 Å². The molecule has 0 saturated carbocycles. The summed E-state index contributed by atoms with van der Waals surface area (Å²) in [7, 11) is 0. The Morgan fingerprint density at radius 3 is 2.25 bits per heavy atom. The van der Waals surface area contributed by atoms with Crippen LogP contribution in [0.5, 0.6) is 0 Å². The number of amides is 2. The number of halogens is 3. The number of fused-ring (bicyclic) bond motifs is 1. The molecule has 0 aromatic heterocycles. The first-order valence-electron chi connectivity index (χ1n) is 8.18. The van der Waals surface area contributed by atoms with Crippen LogP contribution in [0.3, 0.4) is 0 Å². The normalized spacial score (nSPS) is 13.6. The van der Waals surface area contributed by atoms with Gasteiger partial charge in [0.25, 0.3) is 11.8 Å². The second-order valence-corrected chi connectivity index (χ2v) is 7.00. The van der Waals surface area contributed by atoms with Crippen molar-refractivity contribution in [3.05, 3.63) is 65.2 Å². The molecule has 0 fully saturated rings. The Labute approximate surface area is 162 Å². The van der Waals surface area contributed by atoms with E-state index < -0.39 is 36.1 Å². The van der Waals surface area contributed by atoms with Gasteiger partial charge in [0, 0.05) is 10.6 Å². The summed E-state index contributed by atoms with van der Waals surface area (Å²) >= 11 is 1.10. The molecule has 1 aliphatic heterocycles. The van der Waals surface area contributed by atoms with Crippen molar-refractivity contribution < 1.29 is 32.3 Å². The number of imide groups is 1. The van der Waals surface area contributed by atoms with Crippen LogP contribution in [0.25, 0.3) is 0 Å². The number of hydrogen-bond acceptors (Lipinski definition) is 5. The monoisotopic (exact) mass is 409 g/mol. The van der Waals surface area contributed by atoms with Crippen LogP contribution >= 0.6 is 11.8 Å². The van der Waals surface area contributed by atoms with Crippen LogP contribution in [0.15, 0.2) is 53.4 Å². The highest BCUT2D eigenvalue weighted by atomic mass is 32.2. The molecule has 9 heteroatoms. The first kappa shape index (κ1) is 19.9. The van der Waals surface area contributed by atoms with E-state index in [9.17, 15) is 27.6 Å². The number of thioether (sulfide) groups is 1. The Morgan fingerprint density at radius 1 is 1.00 bits per heavy atom. The summed E-state index contributed by atoms with van der Waals surface area (Å²) in [6.45, 7) is -0.580. The van der Waals surface area contributed by atoms with E-state index in [1.54, 1.807) is 12.1 Å². The van der Waals surface area contributed by atoms with E-state index in [-0.39, 0.29) is 23.5 Å². The molecule has 146 valence electrons. The Bertz CT molecular complexity index is 894. The summed E-state index contributed by atoms with van der Waals surface area (Å²) in [6, 6.07) is 11.1. The van der Waals surface area contributed by atoms with Gasteiger partial charge in [-0.05, 0) is 30.3 Å². The molecular formula is C19H14F3NO4S. The third-order valence-corrected chi connectivity index (χ3v) is 4.90. The molecule has 0 unspecified atom stereocenters. The van der Waals surface area contributed by atoms with Crippen molar-refractivity contribution in [2.24, 2.45) is 0 Å². The summed E-state index contributed by atoms with van der Waals surface area (Å²) in [5.74, 6) is -1.65. The van der Waals surface area contributed by atoms with Crippen LogP contribution in [0.2, 0.25) is 0 Å². The van der Waals surface area contributed by atoms with E-state index in [2.05, 4.69) is 0 Å². The molecule has 2 aromatic carbocycles. The summed E-state index contributed by atoms with van der Waals surface area (Å²) in [4.78, 5) is 37.5. The first-order chi connectivity index (χ1) is 13.3. The van der Waals surface area contributed by atoms with Crippen LogP contribution in [0, 0.1) is 0 Å². The Kier molecular flexibility index (Phi) is 5.73. The number of nitrogens with zero attached hydrogens (tertiary/aromatic N) is 1. The average Bonchev–Trinajstić information content (AvgIpc) is 2.90. The third kappa shape index (κ3) is 4.36. The van der Waals surface area contributed by atoms with Crippen LogP contribution < -0.4 is 0 Å². The number of alkyl halides is 3. The predicted octanol–water partition coefficient (Wildman–Crippen LogP) is 3.64. The number of hydrogen-bond donors (Lipinski definition) is 0. The minimum atomic E-state index is -4.42. The van der Waals surface area contributed by atoms with Gasteiger partial charge < -0.3 is 4.74 Å². The van der Waals surface area contributed by atoms with Crippen molar-refractivity contribution in [1.82, 2.24) is 4.90 Å². The topological polar surface area (TPSA) is 63.7 Å². The van der Waals surface area contributed by atoms with E-state index in [1.807, 2.05) is 0 Å². The predicted molar refractivity (Wildman–Crippen MR) is 94.9 cm³/mol. The molecule has 1 aliphatic rings. The standard InChI is InChI=1S/C19H14F3NO4S/c20-19(21,22)12-4-3-5-13(10-12)28-9-8-27-16(24)11-23-17(25)14-6-1-2-7-15(14)18(23)26/h1-7,10H,8-9,11H2. The number of esters is 1. The van der Waals surface area contributed by atoms with Gasteiger partial charge in [-0.2, -0.15) is 13.2 Å². The van der Waals surface area contributed by atoms with Crippen molar-refractivity contribution in [1.29, 1.82) is 0 Å². The van der Waals surface area contributed by atoms with Crippen molar-refractivity contribution in [3.63, 3.8) is 0 Å². The maximum absolute atomic E-state index is 12.7. The van der Waals surface area contributed by atoms with Crippen LogP contribution in [0.1, 0.15) is 26.3 Å². The van der Waals surface area contributed by atoms with Gasteiger partial charge in [0.1, 0.15) is 13.2 Å². The van der Waals surface area contributed by atoms with E-state index in [1.165, 1.54) is 24.3 Å². The molecule has 0 atom stereocenters. The van der Waals surface area contributed by atoms with Gasteiger partial charge >= 0.3 is 12.1 Å². The highest BCUT2D eigenvalue weighted by Gasteiger charge is 2.36. The van der Waals surface area contributed by atoms with Crippen LogP contribution in [-0.4, -0.2) is 41.6 Å². The SMILES string of the molecule is O=C(CN1C(=O)c2ccccc2C1=O)OCCSc1cccc(C(F)(F)F)c1. The zero-order chi connectivity index (χ0) is 20.3. The van der Waals surface area contributed by atoms with Crippen LogP contribution in [-0.2, 0) is 15.7 Å². The molecule has 3 rings (SSSR count). The van der Waals surface area contributed by atoms with Crippen molar-refractivity contribution in [2.45, 2.75) is 11.1 Å². The molecule has 28 heavy (non-hydrogen) atoms. The number of ether oxygens (including phenoxy) is 1. The van der Waals surface area contributed by atoms with Crippen molar-refractivity contribution in [3.8, 4) is 0 Å². The van der Waals surface area contributed by atoms with Crippen molar-refractivity contribution in [2.75, 3.05) is 18.9 Å². The summed E-state index contributed by atoms with van der Waals surface area (Å²) < 4.78 is 43.0. The van der Waals surface area contributed by atoms with Gasteiger partial charge in [-0.25, -0.2) is 0 Å². The molecule has 0 aliphatic carbocycles. The quantitative estimate of drug-likeness (QED) is 0.316. The fraction of sp³-hybridized carbons (Fsp3) is 0.211. The smallest absolute Gasteiger partial charge is 0.416 e. The fourth-order valence-electron chi connectivity index (χ4n) is 2.63. The van der Waals surface area contributed by atoms with E-state index in [0.29, 0.717) is 4.90 Å². The van der Waals surface area contributed by atoms with E-state index >= 15 is 0 Å². The number of carbonyl (C=O) groups excluding carboxylic acids is 3. The van der Waals surface area contributed by atoms with Gasteiger partial charge in [-0.15, -0.1) is 11.8 Å². The molecule has 0 spiro atoms. The fourth-order valence-corrected chi connectivity index (χ4v) is 3.42. The molecular weight excluding hydrogens is 395 g/mol. The minimum Gasteiger partial charge on any atom is -0.463 e. The molecule has 2 aromatic rings. The number of carbonyl (C=O) groups is 3. The van der Waals surface area contributed by atoms with Gasteiger partial charge in [0.15, 0.2) is 0 Å². The molecule has 1 heterocycles. The van der Waals surface area contributed by atoms with E-state index in [0.717, 1.165) is 28.8 Å². The molecule has 0 N–H and O–H groups in total. The van der Waals surface area contributed by atoms with Gasteiger partial charge in [-0.1, -0.05) is 18.2 Å². The first-order valence-corrected chi connectivity index (χ1v) is 9.17. The highest BCUT2D eigenvalue weighted by Crippen LogP contribution is 2.31. The minimum absolute atomic E-state index is 0.0666. The second-order valence-electron chi connectivity index (χ2n) is 5.84. The lowest BCUT2D eigenvalue weighted by Gasteiger charge is -2.13. The van der Waals surface area contributed by atoms with Gasteiger partial charge in [0.2, 0.25) is 0 Å². The molecule has 5 nitrogen and oxygen atoms in total. The zero-order valence-corrected chi connectivity index (χ0v) is 15.2. The Hall–Kier alpha value is -2.81. The molecule has 0 saturated heterocycles. The highest BCUT2D eigenvalue weighted by molar-refractivity contribution is 7.99. The number of benzene rings is 2. The summed E-state index contributed by atoms with van der Waals surface area (Å²) in [6.07, 6.45) is -4.42. The Morgan fingerprint density at radius 2 is 1.64 bits per heavy atom. The van der Waals surface area contributed by atoms with E-state index in [4.69, 9.17) is 4.74 Å². The largest absolute Gasteiger partial charge is 0.463 e. The average molecular weight is 409 g/mol. The lowest BCUT2D eigenvalue weighted by Crippen LogP contribution is -2.35. The molecule has 0 bridgehead atoms. The summed E-state index contributed by atoms with van der Waals surface area (Å²) in [5.41, 5.74) is -0.277. The maximum Gasteiger partial charge on any atom is 0.416 e.